The van der Waals surface area contributed by atoms with Gasteiger partial charge < -0.3 is 33.6 Å². The van der Waals surface area contributed by atoms with Crippen LogP contribution >= 0.6 is 12.4 Å². The monoisotopic (exact) mass is 607 g/mol. The van der Waals surface area contributed by atoms with Crippen LogP contribution in [0.3, 0.4) is 0 Å². The zero-order chi connectivity index (χ0) is 30.0. The highest BCUT2D eigenvalue weighted by Crippen LogP contribution is 2.65. The fraction of sp³-hybridized carbons (Fsp3) is 0.742. The number of halogens is 1. The maximum Gasteiger partial charge on any atom is 0.514 e. The van der Waals surface area contributed by atoms with E-state index < -0.39 is 30.4 Å². The maximum atomic E-state index is 13.6. The van der Waals surface area contributed by atoms with E-state index in [9.17, 15) is 9.59 Å². The van der Waals surface area contributed by atoms with E-state index in [1.807, 2.05) is 6.07 Å². The molecule has 9 nitrogen and oxygen atoms in total. The van der Waals surface area contributed by atoms with E-state index in [2.05, 4.69) is 26.1 Å². The molecular formula is C31H47BClNO8. The van der Waals surface area contributed by atoms with Crippen LogP contribution in [0.15, 0.2) is 12.1 Å². The number of hydrogen-bond donors (Lipinski definition) is 1. The lowest BCUT2D eigenvalue weighted by atomic mass is 9.43. The fourth-order valence-electron chi connectivity index (χ4n) is 6.77. The molecule has 2 heterocycles. The zero-order valence-electron chi connectivity index (χ0n) is 26.5. The van der Waals surface area contributed by atoms with Crippen molar-refractivity contribution in [1.82, 2.24) is 5.32 Å². The normalized spacial score (nSPS) is 28.0. The lowest BCUT2D eigenvalue weighted by Crippen LogP contribution is -2.65. The van der Waals surface area contributed by atoms with Crippen molar-refractivity contribution in [3.63, 3.8) is 0 Å². The van der Waals surface area contributed by atoms with Crippen molar-refractivity contribution in [1.29, 1.82) is 0 Å². The van der Waals surface area contributed by atoms with Gasteiger partial charge >= 0.3 is 19.2 Å². The topological polar surface area (TPSA) is 102 Å². The molecule has 0 unspecified atom stereocenters. The molecule has 1 aromatic carbocycles. The van der Waals surface area contributed by atoms with Crippen molar-refractivity contribution in [3.05, 3.63) is 23.3 Å². The van der Waals surface area contributed by atoms with Gasteiger partial charge in [0.2, 0.25) is 0 Å². The number of carbonyl (C=O) groups is 2. The molecule has 2 bridgehead atoms. The average Bonchev–Trinajstić information content (AvgIpc) is 3.14. The van der Waals surface area contributed by atoms with Crippen LogP contribution in [0, 0.1) is 17.3 Å². The zero-order valence-corrected chi connectivity index (χ0v) is 27.3. The molecule has 0 amide bonds. The highest BCUT2D eigenvalue weighted by atomic mass is 35.5. The predicted octanol–water partition coefficient (Wildman–Crippen LogP) is 6.00. The Morgan fingerprint density at radius 2 is 1.69 bits per heavy atom. The summed E-state index contributed by atoms with van der Waals surface area (Å²) < 4.78 is 36.2. The molecule has 42 heavy (non-hydrogen) atoms. The molecule has 0 radical (unpaired) electrons. The van der Waals surface area contributed by atoms with E-state index in [0.717, 1.165) is 6.42 Å². The summed E-state index contributed by atoms with van der Waals surface area (Å²) in [5.74, 6) is 0.891. The van der Waals surface area contributed by atoms with Crippen molar-refractivity contribution in [2.45, 2.75) is 117 Å². The van der Waals surface area contributed by atoms with Crippen LogP contribution in [0.2, 0.25) is 6.32 Å². The van der Waals surface area contributed by atoms with Gasteiger partial charge in [0, 0.05) is 13.1 Å². The number of carbonyl (C=O) groups excluding carboxylic acids is 2. The van der Waals surface area contributed by atoms with Gasteiger partial charge in [-0.2, -0.15) is 0 Å². The summed E-state index contributed by atoms with van der Waals surface area (Å²) in [5.41, 5.74) is -0.877. The van der Waals surface area contributed by atoms with Gasteiger partial charge in [0.25, 0.3) is 0 Å². The van der Waals surface area contributed by atoms with Crippen molar-refractivity contribution < 1.29 is 37.8 Å². The first-order valence-corrected chi connectivity index (χ1v) is 15.0. The smallest absolute Gasteiger partial charge is 0.487 e. The summed E-state index contributed by atoms with van der Waals surface area (Å²) in [7, 11) is -0.392. The molecule has 1 aromatic rings. The van der Waals surface area contributed by atoms with Crippen molar-refractivity contribution >= 4 is 31.7 Å². The van der Waals surface area contributed by atoms with Crippen LogP contribution in [0.4, 0.5) is 4.79 Å². The second-order valence-corrected chi connectivity index (χ2v) is 14.8. The molecule has 3 aliphatic carbocycles. The number of aryl methyl sites for hydroxylation is 1. The van der Waals surface area contributed by atoms with Crippen LogP contribution < -0.4 is 14.8 Å². The Hall–Kier alpha value is -2.01. The number of benzene rings is 1. The van der Waals surface area contributed by atoms with Gasteiger partial charge in [-0.3, -0.25) is 0 Å². The van der Waals surface area contributed by atoms with Crippen molar-refractivity contribution in [2.24, 2.45) is 17.3 Å². The quantitative estimate of drug-likeness (QED) is 0.227. The summed E-state index contributed by atoms with van der Waals surface area (Å²) in [5, 5.41) is 3.16. The molecule has 2 saturated heterocycles. The van der Waals surface area contributed by atoms with E-state index in [1.165, 1.54) is 6.42 Å². The average molecular weight is 608 g/mol. The van der Waals surface area contributed by atoms with Gasteiger partial charge in [0.1, 0.15) is 28.6 Å². The Labute approximate surface area is 256 Å². The number of nitrogens with one attached hydrogen (secondary N) is 1. The molecule has 4 atom stereocenters. The minimum atomic E-state index is -0.903. The SMILES string of the molecule is CC(C)(C)OC(=O)Oc1c(CCB2O[C@@H]3C[C@@H]4C[C@@H](C4(C)C)[C@]3(C)O2)ccc(OC2CNC2)c1C(=O)OC(C)(C)C.Cl. The lowest BCUT2D eigenvalue weighted by molar-refractivity contribution is -0.199. The molecular weight excluding hydrogens is 561 g/mol. The number of hydrogen-bond acceptors (Lipinski definition) is 9. The molecule has 1 N–H and O–H groups in total. The molecule has 6 rings (SSSR count). The van der Waals surface area contributed by atoms with Gasteiger partial charge in [-0.15, -0.1) is 12.4 Å². The van der Waals surface area contributed by atoms with Gasteiger partial charge in [-0.25, -0.2) is 9.59 Å². The molecule has 5 fully saturated rings. The van der Waals surface area contributed by atoms with Gasteiger partial charge in [0.15, 0.2) is 5.75 Å². The molecule has 2 aliphatic heterocycles. The Bertz CT molecular complexity index is 1190. The molecule has 0 aromatic heterocycles. The second-order valence-electron chi connectivity index (χ2n) is 14.8. The second kappa shape index (κ2) is 11.5. The van der Waals surface area contributed by atoms with E-state index in [0.29, 0.717) is 49.0 Å². The van der Waals surface area contributed by atoms with Crippen molar-refractivity contribution in [2.75, 3.05) is 13.1 Å². The summed E-state index contributed by atoms with van der Waals surface area (Å²) in [6.07, 6.45) is 2.25. The lowest BCUT2D eigenvalue weighted by Gasteiger charge is -2.64. The summed E-state index contributed by atoms with van der Waals surface area (Å²) in [6, 6.07) is 3.59. The van der Waals surface area contributed by atoms with E-state index in [1.54, 1.807) is 47.6 Å². The third-order valence-corrected chi connectivity index (χ3v) is 9.07. The van der Waals surface area contributed by atoms with Gasteiger partial charge in [0.05, 0.1) is 11.7 Å². The standard InChI is InChI=1S/C31H46BNO8.ClH/c1-28(2,3)38-26(34)24-21(36-20-16-33-17-20)11-10-18(25(24)37-27(35)39-29(4,5)6)12-13-32-40-23-15-19-14-22(30(19,7)8)31(23,9)41-32;/h10-11,19-20,22-23,33H,12-17H2,1-9H3;1H/t19-,22-,23+,31-;/m0./s1. The fourth-order valence-corrected chi connectivity index (χ4v) is 6.77. The molecule has 5 aliphatic rings. The predicted molar refractivity (Wildman–Crippen MR) is 162 cm³/mol. The number of ether oxygens (including phenoxy) is 4. The molecule has 234 valence electrons. The highest BCUT2D eigenvalue weighted by Gasteiger charge is 2.67. The van der Waals surface area contributed by atoms with Crippen molar-refractivity contribution in [3.8, 4) is 11.5 Å². The first-order valence-electron chi connectivity index (χ1n) is 15.0. The van der Waals surface area contributed by atoms with Crippen LogP contribution in [0.25, 0.3) is 0 Å². The summed E-state index contributed by atoms with van der Waals surface area (Å²) >= 11 is 0. The summed E-state index contributed by atoms with van der Waals surface area (Å²) in [4.78, 5) is 26.5. The third-order valence-electron chi connectivity index (χ3n) is 9.07. The Kier molecular flexibility index (Phi) is 9.00. The molecule has 3 saturated carbocycles. The van der Waals surface area contributed by atoms with E-state index in [4.69, 9.17) is 28.3 Å². The van der Waals surface area contributed by atoms with Crippen LogP contribution in [-0.2, 0) is 25.2 Å². The minimum Gasteiger partial charge on any atom is -0.487 e. The number of esters is 1. The van der Waals surface area contributed by atoms with E-state index in [-0.39, 0.29) is 46.9 Å². The Morgan fingerprint density at radius 3 is 2.26 bits per heavy atom. The largest absolute Gasteiger partial charge is 0.514 e. The maximum absolute atomic E-state index is 13.6. The third kappa shape index (κ3) is 6.57. The first-order chi connectivity index (χ1) is 19.0. The first kappa shape index (κ1) is 32.9. The van der Waals surface area contributed by atoms with Crippen LogP contribution in [0.5, 0.6) is 11.5 Å². The number of rotatable bonds is 7. The van der Waals surface area contributed by atoms with Gasteiger partial charge in [-0.05, 0) is 103 Å². The minimum absolute atomic E-state index is 0. The molecule has 11 heteroatoms. The Balaban J connectivity index is 0.00000405. The highest BCUT2D eigenvalue weighted by molar-refractivity contribution is 6.45. The summed E-state index contributed by atoms with van der Waals surface area (Å²) in [6.45, 7) is 18.8. The van der Waals surface area contributed by atoms with Gasteiger partial charge in [-0.1, -0.05) is 19.9 Å². The Morgan fingerprint density at radius 1 is 1.02 bits per heavy atom. The van der Waals surface area contributed by atoms with Crippen LogP contribution in [0.1, 0.15) is 91.1 Å². The molecule has 0 spiro atoms. The van der Waals surface area contributed by atoms with E-state index >= 15 is 0 Å². The van der Waals surface area contributed by atoms with Crippen LogP contribution in [-0.4, -0.2) is 61.3 Å².